The van der Waals surface area contributed by atoms with Crippen molar-refractivity contribution in [1.82, 2.24) is 9.97 Å². The quantitative estimate of drug-likeness (QED) is 0.797. The monoisotopic (exact) mass is 240 g/mol. The summed E-state index contributed by atoms with van der Waals surface area (Å²) in [5.41, 5.74) is 1.91. The zero-order valence-electron chi connectivity index (χ0n) is 8.77. The number of rotatable bonds is 3. The van der Waals surface area contributed by atoms with Crippen molar-refractivity contribution in [1.29, 1.82) is 0 Å². The first-order valence-corrected chi connectivity index (χ1v) is 6.52. The van der Waals surface area contributed by atoms with E-state index in [1.165, 1.54) is 0 Å². The van der Waals surface area contributed by atoms with Crippen molar-refractivity contribution in [3.63, 3.8) is 0 Å². The molecule has 5 nitrogen and oxygen atoms in total. The average Bonchev–Trinajstić information content (AvgIpc) is 2.59. The molecule has 0 amide bonds. The highest BCUT2D eigenvalue weighted by molar-refractivity contribution is 7.85. The van der Waals surface area contributed by atoms with Gasteiger partial charge in [-0.15, -0.1) is 0 Å². The van der Waals surface area contributed by atoms with Crippen molar-refractivity contribution in [2.75, 3.05) is 0 Å². The molecule has 0 spiro atoms. The number of imidazole rings is 1. The normalized spacial score (nSPS) is 12.1. The number of hydrogen-bond acceptors (Lipinski definition) is 3. The standard InChI is InChI=1S/C10H12N2O3S/c1-2-9-11-8-5-3-4-7(10(8)12-9)6-16(13,14)15/h3-5H,2,6H2,1H3,(H,11,12)(H,13,14,15). The van der Waals surface area contributed by atoms with Crippen LogP contribution in [0.1, 0.15) is 18.3 Å². The molecule has 2 aromatic rings. The number of nitrogens with one attached hydrogen (secondary N) is 1. The van der Waals surface area contributed by atoms with Crippen LogP contribution in [0.2, 0.25) is 0 Å². The summed E-state index contributed by atoms with van der Waals surface area (Å²) in [4.78, 5) is 7.37. The summed E-state index contributed by atoms with van der Waals surface area (Å²) in [5.74, 6) is 0.399. The van der Waals surface area contributed by atoms with Crippen molar-refractivity contribution in [2.45, 2.75) is 19.1 Å². The highest BCUT2D eigenvalue weighted by Crippen LogP contribution is 2.18. The Bertz CT molecular complexity index is 616. The van der Waals surface area contributed by atoms with Crippen LogP contribution in [0.4, 0.5) is 0 Å². The first-order chi connectivity index (χ1) is 7.49. The predicted octanol–water partition coefficient (Wildman–Crippen LogP) is 1.51. The maximum absolute atomic E-state index is 10.8. The maximum atomic E-state index is 10.8. The van der Waals surface area contributed by atoms with Crippen molar-refractivity contribution >= 4 is 21.2 Å². The predicted molar refractivity (Wildman–Crippen MR) is 60.7 cm³/mol. The summed E-state index contributed by atoms with van der Waals surface area (Å²) >= 11 is 0. The number of fused-ring (bicyclic) bond motifs is 1. The molecule has 0 fully saturated rings. The molecule has 0 saturated heterocycles. The molecular weight excluding hydrogens is 228 g/mol. The Labute approximate surface area is 93.3 Å². The average molecular weight is 240 g/mol. The minimum atomic E-state index is -4.02. The number of aryl methyl sites for hydroxylation is 1. The van der Waals surface area contributed by atoms with Gasteiger partial charge in [-0.2, -0.15) is 8.42 Å². The molecule has 0 aliphatic rings. The molecular formula is C10H12N2O3S. The Balaban J connectivity index is 2.57. The minimum absolute atomic E-state index is 0.404. The van der Waals surface area contributed by atoms with E-state index in [1.807, 2.05) is 13.0 Å². The van der Waals surface area contributed by atoms with Crippen LogP contribution in [0, 0.1) is 0 Å². The molecule has 0 saturated carbocycles. The van der Waals surface area contributed by atoms with Gasteiger partial charge in [0.05, 0.1) is 11.0 Å². The lowest BCUT2D eigenvalue weighted by molar-refractivity contribution is 0.482. The fraction of sp³-hybridized carbons (Fsp3) is 0.300. The molecule has 16 heavy (non-hydrogen) atoms. The number of para-hydroxylation sites is 1. The first kappa shape index (κ1) is 11.1. The van der Waals surface area contributed by atoms with E-state index in [0.29, 0.717) is 11.1 Å². The highest BCUT2D eigenvalue weighted by atomic mass is 32.2. The van der Waals surface area contributed by atoms with Crippen LogP contribution in [0.25, 0.3) is 11.0 Å². The van der Waals surface area contributed by atoms with Gasteiger partial charge in [-0.05, 0) is 11.6 Å². The molecule has 0 bridgehead atoms. The van der Waals surface area contributed by atoms with Gasteiger partial charge in [0.25, 0.3) is 10.1 Å². The van der Waals surface area contributed by atoms with Crippen LogP contribution in [0.3, 0.4) is 0 Å². The Hall–Kier alpha value is -1.40. The van der Waals surface area contributed by atoms with Gasteiger partial charge in [0.1, 0.15) is 11.6 Å². The summed E-state index contributed by atoms with van der Waals surface area (Å²) < 4.78 is 30.5. The Kier molecular flexibility index (Phi) is 2.69. The van der Waals surface area contributed by atoms with E-state index in [9.17, 15) is 8.42 Å². The van der Waals surface area contributed by atoms with Crippen molar-refractivity contribution in [2.24, 2.45) is 0 Å². The maximum Gasteiger partial charge on any atom is 0.269 e. The molecule has 0 unspecified atom stereocenters. The van der Waals surface area contributed by atoms with E-state index in [2.05, 4.69) is 9.97 Å². The number of aromatic nitrogens is 2. The Morgan fingerprint density at radius 2 is 2.19 bits per heavy atom. The van der Waals surface area contributed by atoms with Gasteiger partial charge < -0.3 is 4.98 Å². The molecule has 86 valence electrons. The fourth-order valence-corrected chi connectivity index (χ4v) is 2.25. The molecule has 6 heteroatoms. The molecule has 0 radical (unpaired) electrons. The Morgan fingerprint density at radius 3 is 2.81 bits per heavy atom. The van der Waals surface area contributed by atoms with Crippen LogP contribution in [-0.4, -0.2) is 22.9 Å². The van der Waals surface area contributed by atoms with Crippen LogP contribution in [0.15, 0.2) is 18.2 Å². The lowest BCUT2D eigenvalue weighted by Gasteiger charge is -1.98. The first-order valence-electron chi connectivity index (χ1n) is 4.91. The number of benzene rings is 1. The number of nitrogens with zero attached hydrogens (tertiary/aromatic N) is 1. The van der Waals surface area contributed by atoms with Gasteiger partial charge in [0.15, 0.2) is 0 Å². The molecule has 0 aliphatic heterocycles. The summed E-state index contributed by atoms with van der Waals surface area (Å²) in [7, 11) is -4.02. The topological polar surface area (TPSA) is 83.1 Å². The summed E-state index contributed by atoms with van der Waals surface area (Å²) in [6, 6.07) is 5.21. The molecule has 1 aromatic carbocycles. The van der Waals surface area contributed by atoms with Gasteiger partial charge in [-0.1, -0.05) is 19.1 Å². The van der Waals surface area contributed by atoms with E-state index >= 15 is 0 Å². The molecule has 2 N–H and O–H groups in total. The summed E-state index contributed by atoms with van der Waals surface area (Å²) in [6.07, 6.45) is 0.750. The third kappa shape index (κ3) is 2.23. The second kappa shape index (κ2) is 3.88. The zero-order valence-corrected chi connectivity index (χ0v) is 9.58. The van der Waals surface area contributed by atoms with Gasteiger partial charge in [-0.25, -0.2) is 4.98 Å². The van der Waals surface area contributed by atoms with Gasteiger partial charge in [0, 0.05) is 6.42 Å². The smallest absolute Gasteiger partial charge is 0.269 e. The number of aromatic amines is 1. The van der Waals surface area contributed by atoms with E-state index in [1.54, 1.807) is 12.1 Å². The van der Waals surface area contributed by atoms with Gasteiger partial charge in [-0.3, -0.25) is 4.55 Å². The third-order valence-electron chi connectivity index (χ3n) is 2.32. The molecule has 1 heterocycles. The van der Waals surface area contributed by atoms with Crippen LogP contribution in [-0.2, 0) is 22.3 Å². The zero-order chi connectivity index (χ0) is 11.8. The van der Waals surface area contributed by atoms with E-state index in [0.717, 1.165) is 17.8 Å². The largest absolute Gasteiger partial charge is 0.342 e. The lowest BCUT2D eigenvalue weighted by atomic mass is 10.2. The van der Waals surface area contributed by atoms with E-state index in [-0.39, 0.29) is 0 Å². The second-order valence-corrected chi connectivity index (χ2v) is 5.03. The van der Waals surface area contributed by atoms with Crippen molar-refractivity contribution < 1.29 is 13.0 Å². The molecule has 0 aliphatic carbocycles. The number of H-pyrrole nitrogens is 1. The molecule has 0 atom stereocenters. The Morgan fingerprint density at radius 1 is 1.44 bits per heavy atom. The van der Waals surface area contributed by atoms with Gasteiger partial charge in [0.2, 0.25) is 0 Å². The minimum Gasteiger partial charge on any atom is -0.342 e. The van der Waals surface area contributed by atoms with Crippen LogP contribution in [0.5, 0.6) is 0 Å². The number of hydrogen-bond donors (Lipinski definition) is 2. The summed E-state index contributed by atoms with van der Waals surface area (Å²) in [5, 5.41) is 0. The molecule has 2 rings (SSSR count). The highest BCUT2D eigenvalue weighted by Gasteiger charge is 2.12. The van der Waals surface area contributed by atoms with Crippen LogP contribution >= 0.6 is 0 Å². The van der Waals surface area contributed by atoms with Crippen molar-refractivity contribution in [3.05, 3.63) is 29.6 Å². The third-order valence-corrected chi connectivity index (χ3v) is 2.99. The lowest BCUT2D eigenvalue weighted by Crippen LogP contribution is -2.02. The fourth-order valence-electron chi connectivity index (χ4n) is 1.62. The van der Waals surface area contributed by atoms with E-state index in [4.69, 9.17) is 4.55 Å². The van der Waals surface area contributed by atoms with E-state index < -0.39 is 15.9 Å². The second-order valence-electron chi connectivity index (χ2n) is 3.58. The SMILES string of the molecule is CCc1nc2c(CS(=O)(=O)O)cccc2[nH]1. The van der Waals surface area contributed by atoms with Crippen LogP contribution < -0.4 is 0 Å². The summed E-state index contributed by atoms with van der Waals surface area (Å²) in [6.45, 7) is 1.96. The van der Waals surface area contributed by atoms with Gasteiger partial charge >= 0.3 is 0 Å². The van der Waals surface area contributed by atoms with Crippen molar-refractivity contribution in [3.8, 4) is 0 Å². The molecule has 1 aromatic heterocycles.